The second-order valence-electron chi connectivity index (χ2n) is 4.65. The Morgan fingerprint density at radius 2 is 2.17 bits per heavy atom. The minimum absolute atomic E-state index is 0.0501. The molecule has 1 radical (unpaired) electrons. The number of carbonyl (C=O) groups is 1. The summed E-state index contributed by atoms with van der Waals surface area (Å²) in [5.41, 5.74) is 0.406. The number of benzene rings is 1. The molecule has 2 rings (SSSR count). The van der Waals surface area contributed by atoms with E-state index in [2.05, 4.69) is 10.3 Å². The fourth-order valence-electron chi connectivity index (χ4n) is 1.74. The third kappa shape index (κ3) is 5.24. The number of amides is 1. The molecule has 0 aliphatic heterocycles. The van der Waals surface area contributed by atoms with E-state index in [1.807, 2.05) is 28.7 Å². The van der Waals surface area contributed by atoms with Crippen LogP contribution in [0.1, 0.15) is 10.4 Å². The number of pyridine rings is 1. The average Bonchev–Trinajstić information content (AvgIpc) is 2.55. The number of aliphatic hydroxyl groups is 2. The van der Waals surface area contributed by atoms with Gasteiger partial charge < -0.3 is 0 Å². The third-order valence-electron chi connectivity index (χ3n) is 2.90. The number of hydrogen-bond donors (Lipinski definition) is 3. The molecule has 0 spiro atoms. The first-order valence-corrected chi connectivity index (χ1v) is 9.64. The van der Waals surface area contributed by atoms with Crippen LogP contribution in [0.15, 0.2) is 36.7 Å². The van der Waals surface area contributed by atoms with Crippen LogP contribution in [0.3, 0.4) is 0 Å². The van der Waals surface area contributed by atoms with Gasteiger partial charge in [-0.15, -0.1) is 0 Å². The molecule has 5 nitrogen and oxygen atoms in total. The Kier molecular flexibility index (Phi) is 6.95. The van der Waals surface area contributed by atoms with Crippen LogP contribution in [0.4, 0.5) is 4.39 Å². The normalized spacial score (nSPS) is 12.5. The molecule has 0 saturated heterocycles. The number of halogens is 2. The molecule has 2 aromatic rings. The van der Waals surface area contributed by atoms with Gasteiger partial charge in [-0.3, -0.25) is 0 Å². The van der Waals surface area contributed by atoms with Gasteiger partial charge >= 0.3 is 154 Å². The quantitative estimate of drug-likeness (QED) is 0.379. The Balaban J connectivity index is 2.18. The molecule has 1 heterocycles. The first-order chi connectivity index (χ1) is 11.0. The van der Waals surface area contributed by atoms with Gasteiger partial charge in [0, 0.05) is 0 Å². The van der Waals surface area contributed by atoms with E-state index in [1.54, 1.807) is 18.3 Å². The molecule has 0 unspecified atom stereocenters. The summed E-state index contributed by atoms with van der Waals surface area (Å²) >= 11 is 1.30. The summed E-state index contributed by atoms with van der Waals surface area (Å²) in [5.74, 6) is -0.668. The van der Waals surface area contributed by atoms with Gasteiger partial charge in [-0.1, -0.05) is 0 Å². The summed E-state index contributed by atoms with van der Waals surface area (Å²) in [4.78, 5) is 16.2. The van der Waals surface area contributed by atoms with Crippen molar-refractivity contribution >= 4 is 53.0 Å². The molecule has 0 bridgehead atoms. The van der Waals surface area contributed by atoms with Crippen molar-refractivity contribution in [3.8, 4) is 0 Å². The minimum atomic E-state index is -1.01. The molecule has 0 aliphatic carbocycles. The molecule has 1 aromatic carbocycles. The third-order valence-corrected chi connectivity index (χ3v) is 6.09. The Bertz CT molecular complexity index is 702. The standard InChI is InChI=1S/C15H14AsFIN2O3/c17-14-5-9(18)1-2-12(14)16-13-7-19-4-3-11(13)15(23)20-6-10(22)8-21/h1-5,7,10,21-22H,6,8H2,(H,20,23)/t10-/m0/s1. The van der Waals surface area contributed by atoms with Crippen molar-refractivity contribution in [2.45, 2.75) is 6.10 Å². The summed E-state index contributed by atoms with van der Waals surface area (Å²) in [6, 6.07) is 6.57. The van der Waals surface area contributed by atoms with Gasteiger partial charge in [0.25, 0.3) is 0 Å². The van der Waals surface area contributed by atoms with Crippen LogP contribution in [0.25, 0.3) is 0 Å². The van der Waals surface area contributed by atoms with Gasteiger partial charge in [0.05, 0.1) is 0 Å². The molecule has 1 amide bonds. The van der Waals surface area contributed by atoms with E-state index < -0.39 is 28.5 Å². The van der Waals surface area contributed by atoms with Crippen molar-refractivity contribution < 1.29 is 19.4 Å². The number of nitrogens with one attached hydrogen (secondary N) is 1. The number of rotatable bonds is 6. The van der Waals surface area contributed by atoms with E-state index in [9.17, 15) is 14.3 Å². The van der Waals surface area contributed by atoms with Crippen LogP contribution < -0.4 is 14.0 Å². The Morgan fingerprint density at radius 3 is 2.87 bits per heavy atom. The maximum atomic E-state index is 14.0. The van der Waals surface area contributed by atoms with Crippen molar-refractivity contribution in [3.05, 3.63) is 51.6 Å². The van der Waals surface area contributed by atoms with E-state index in [-0.39, 0.29) is 18.3 Å². The van der Waals surface area contributed by atoms with Crippen LogP contribution in [0.2, 0.25) is 0 Å². The van der Waals surface area contributed by atoms with Crippen LogP contribution in [-0.2, 0) is 0 Å². The predicted octanol–water partition coefficient (Wildman–Crippen LogP) is -0.437. The van der Waals surface area contributed by atoms with Crippen molar-refractivity contribution in [1.82, 2.24) is 10.3 Å². The zero-order valence-corrected chi connectivity index (χ0v) is 15.9. The van der Waals surface area contributed by atoms with E-state index in [0.29, 0.717) is 14.3 Å². The van der Waals surface area contributed by atoms with Gasteiger partial charge in [0.2, 0.25) is 0 Å². The molecule has 23 heavy (non-hydrogen) atoms. The van der Waals surface area contributed by atoms with Crippen LogP contribution in [0, 0.1) is 9.39 Å². The monoisotopic (exact) mass is 491 g/mol. The maximum absolute atomic E-state index is 14.0. The summed E-state index contributed by atoms with van der Waals surface area (Å²) < 4.78 is 16.1. The molecule has 1 atom stereocenters. The Labute approximate surface area is 153 Å². The van der Waals surface area contributed by atoms with Gasteiger partial charge in [0.1, 0.15) is 0 Å². The number of carbonyl (C=O) groups excluding carboxylic acids is 1. The summed E-state index contributed by atoms with van der Waals surface area (Å²) in [5, 5.41) is 20.6. The number of hydrogen-bond acceptors (Lipinski definition) is 4. The molecule has 0 aliphatic rings. The van der Waals surface area contributed by atoms with E-state index >= 15 is 0 Å². The summed E-state index contributed by atoms with van der Waals surface area (Å²) in [6.07, 6.45) is 2.05. The van der Waals surface area contributed by atoms with Crippen LogP contribution in [0.5, 0.6) is 0 Å². The Hall–Kier alpha value is -1.02. The van der Waals surface area contributed by atoms with Gasteiger partial charge in [-0.05, 0) is 0 Å². The summed E-state index contributed by atoms with van der Waals surface area (Å²) in [7, 11) is 0. The van der Waals surface area contributed by atoms with Crippen molar-refractivity contribution in [3.63, 3.8) is 0 Å². The molecule has 0 saturated carbocycles. The van der Waals surface area contributed by atoms with E-state index in [4.69, 9.17) is 5.11 Å². The van der Waals surface area contributed by atoms with Crippen molar-refractivity contribution in [2.24, 2.45) is 0 Å². The number of aromatic nitrogens is 1. The van der Waals surface area contributed by atoms with E-state index in [0.717, 1.165) is 3.57 Å². The average molecular weight is 491 g/mol. The zero-order valence-electron chi connectivity index (χ0n) is 11.9. The topological polar surface area (TPSA) is 82.5 Å². The molecule has 121 valence electrons. The van der Waals surface area contributed by atoms with Crippen LogP contribution >= 0.6 is 22.6 Å². The fraction of sp³-hybridized carbons (Fsp3) is 0.200. The van der Waals surface area contributed by atoms with Gasteiger partial charge in [-0.25, -0.2) is 0 Å². The molecular weight excluding hydrogens is 477 g/mol. The van der Waals surface area contributed by atoms with Gasteiger partial charge in [-0.2, -0.15) is 0 Å². The Morgan fingerprint density at radius 1 is 1.39 bits per heavy atom. The fourth-order valence-corrected chi connectivity index (χ4v) is 4.29. The number of nitrogens with zero attached hydrogens (tertiary/aromatic N) is 1. The van der Waals surface area contributed by atoms with E-state index in [1.165, 1.54) is 12.3 Å². The first-order valence-electron chi connectivity index (χ1n) is 6.69. The molecular formula is C15H14AsFIN2O3. The molecule has 0 fully saturated rings. The molecule has 1 aromatic heterocycles. The second kappa shape index (κ2) is 8.73. The zero-order chi connectivity index (χ0) is 16.8. The SMILES string of the molecule is O=C(NC[C@H](O)CO)c1ccncc1[As]c1ccc(I)cc1F. The number of aliphatic hydroxyl groups excluding tert-OH is 2. The summed E-state index contributed by atoms with van der Waals surface area (Å²) in [6.45, 7) is -0.477. The van der Waals surface area contributed by atoms with Crippen LogP contribution in [-0.4, -0.2) is 56.1 Å². The van der Waals surface area contributed by atoms with Crippen molar-refractivity contribution in [2.75, 3.05) is 13.2 Å². The first kappa shape index (κ1) is 18.3. The van der Waals surface area contributed by atoms with Crippen molar-refractivity contribution in [1.29, 1.82) is 0 Å². The predicted molar refractivity (Wildman–Crippen MR) is 93.8 cm³/mol. The molecule has 8 heteroatoms. The second-order valence-corrected chi connectivity index (χ2v) is 8.38. The van der Waals surface area contributed by atoms with Gasteiger partial charge in [0.15, 0.2) is 0 Å². The molecule has 3 N–H and O–H groups in total.